The number of aliphatic hydroxyl groups excluding tert-OH is 1. The van der Waals surface area contributed by atoms with Gasteiger partial charge in [-0.3, -0.25) is 4.90 Å². The highest BCUT2D eigenvalue weighted by atomic mass is 35.5. The smallest absolute Gasteiger partial charge is 0.108 e. The molecule has 0 aliphatic carbocycles. The molecule has 108 valence electrons. The molecule has 0 radical (unpaired) electrons. The Morgan fingerprint density at radius 1 is 1.55 bits per heavy atom. The lowest BCUT2D eigenvalue weighted by Gasteiger charge is -2.37. The van der Waals surface area contributed by atoms with Crippen molar-refractivity contribution in [3.8, 4) is 6.07 Å². The first-order valence-corrected chi connectivity index (χ1v) is 6.86. The Labute approximate surface area is 125 Å². The summed E-state index contributed by atoms with van der Waals surface area (Å²) < 4.78 is 0. The van der Waals surface area contributed by atoms with E-state index in [-0.39, 0.29) is 6.23 Å². The SMILES string of the molecule is C=C.Cc1c(NCCN2CCC2O)ccc(C#N)c1Cl. The number of nitrogens with one attached hydrogen (secondary N) is 1. The quantitative estimate of drug-likeness (QED) is 0.838. The average Bonchev–Trinajstić information content (AvgIpc) is 2.48. The van der Waals surface area contributed by atoms with Crippen molar-refractivity contribution in [2.24, 2.45) is 0 Å². The van der Waals surface area contributed by atoms with Crippen LogP contribution in [0.5, 0.6) is 0 Å². The third-order valence-electron chi connectivity index (χ3n) is 3.32. The van der Waals surface area contributed by atoms with Crippen molar-refractivity contribution >= 4 is 17.3 Å². The maximum absolute atomic E-state index is 9.41. The molecule has 1 fully saturated rings. The summed E-state index contributed by atoms with van der Waals surface area (Å²) in [4.78, 5) is 2.01. The molecule has 0 bridgehead atoms. The Hall–Kier alpha value is -1.54. The molecule has 2 N–H and O–H groups in total. The van der Waals surface area contributed by atoms with Crippen LogP contribution in [0.1, 0.15) is 17.5 Å². The molecule has 5 heteroatoms. The van der Waals surface area contributed by atoms with Gasteiger partial charge in [0.2, 0.25) is 0 Å². The lowest BCUT2D eigenvalue weighted by molar-refractivity contribution is -0.0708. The Kier molecular flexibility index (Phi) is 6.53. The molecule has 0 spiro atoms. The normalized spacial score (nSPS) is 17.4. The van der Waals surface area contributed by atoms with Gasteiger partial charge in [0.05, 0.1) is 10.6 Å². The summed E-state index contributed by atoms with van der Waals surface area (Å²) in [5, 5.41) is 22.1. The second kappa shape index (κ2) is 7.91. The van der Waals surface area contributed by atoms with Gasteiger partial charge in [0.1, 0.15) is 12.3 Å². The molecule has 1 aromatic rings. The number of anilines is 1. The van der Waals surface area contributed by atoms with E-state index in [1.807, 2.05) is 17.9 Å². The maximum atomic E-state index is 9.41. The van der Waals surface area contributed by atoms with Crippen LogP contribution in [-0.2, 0) is 0 Å². The second-order valence-electron chi connectivity index (χ2n) is 4.44. The van der Waals surface area contributed by atoms with Gasteiger partial charge in [0, 0.05) is 25.3 Å². The monoisotopic (exact) mass is 293 g/mol. The van der Waals surface area contributed by atoms with E-state index in [0.717, 1.165) is 37.3 Å². The molecule has 0 saturated carbocycles. The van der Waals surface area contributed by atoms with Gasteiger partial charge >= 0.3 is 0 Å². The topological polar surface area (TPSA) is 59.3 Å². The zero-order valence-corrected chi connectivity index (χ0v) is 12.5. The van der Waals surface area contributed by atoms with Gasteiger partial charge in [0.15, 0.2) is 0 Å². The number of hydrogen-bond acceptors (Lipinski definition) is 4. The number of likely N-dealkylation sites (tertiary alicyclic amines) is 1. The molecule has 1 aliphatic heterocycles. The number of halogens is 1. The van der Waals surface area contributed by atoms with Crippen LogP contribution in [0, 0.1) is 18.3 Å². The van der Waals surface area contributed by atoms with Gasteiger partial charge in [-0.25, -0.2) is 0 Å². The van der Waals surface area contributed by atoms with E-state index >= 15 is 0 Å². The summed E-state index contributed by atoms with van der Waals surface area (Å²) in [6, 6.07) is 5.65. The molecule has 1 saturated heterocycles. The van der Waals surface area contributed by atoms with Gasteiger partial charge in [-0.15, -0.1) is 13.2 Å². The summed E-state index contributed by atoms with van der Waals surface area (Å²) >= 11 is 6.09. The Morgan fingerprint density at radius 3 is 2.75 bits per heavy atom. The number of aliphatic hydroxyl groups is 1. The van der Waals surface area contributed by atoms with Gasteiger partial charge in [-0.2, -0.15) is 5.26 Å². The minimum atomic E-state index is -0.280. The molecule has 20 heavy (non-hydrogen) atoms. The highest BCUT2D eigenvalue weighted by Gasteiger charge is 2.24. The number of hydrogen-bond donors (Lipinski definition) is 2. The summed E-state index contributed by atoms with van der Waals surface area (Å²) in [5.74, 6) is 0. The first kappa shape index (κ1) is 16.5. The standard InChI is InChI=1S/C13H16ClN3O.C2H4/c1-9-11(3-2-10(8-15)13(9)14)16-5-7-17-6-4-12(17)18;1-2/h2-3,12,16,18H,4-7H2,1H3;1-2H2. The molecule has 1 aliphatic rings. The minimum Gasteiger partial charge on any atom is -0.383 e. The van der Waals surface area contributed by atoms with Crippen molar-refractivity contribution in [1.82, 2.24) is 4.90 Å². The molecule has 1 heterocycles. The number of rotatable bonds is 4. The van der Waals surface area contributed by atoms with E-state index < -0.39 is 0 Å². The predicted molar refractivity (Wildman–Crippen MR) is 82.8 cm³/mol. The first-order chi connectivity index (χ1) is 9.63. The number of nitriles is 1. The van der Waals surface area contributed by atoms with Crippen LogP contribution in [0.3, 0.4) is 0 Å². The van der Waals surface area contributed by atoms with Crippen molar-refractivity contribution in [3.05, 3.63) is 41.4 Å². The van der Waals surface area contributed by atoms with Crippen LogP contribution in [0.25, 0.3) is 0 Å². The minimum absolute atomic E-state index is 0.280. The van der Waals surface area contributed by atoms with Crippen LogP contribution in [0.15, 0.2) is 25.3 Å². The van der Waals surface area contributed by atoms with Crippen LogP contribution in [0.2, 0.25) is 5.02 Å². The molecular weight excluding hydrogens is 274 g/mol. The largest absolute Gasteiger partial charge is 0.383 e. The summed E-state index contributed by atoms with van der Waals surface area (Å²) in [5.41, 5.74) is 2.33. The molecule has 2 rings (SSSR count). The van der Waals surface area contributed by atoms with Crippen molar-refractivity contribution in [2.75, 3.05) is 25.0 Å². The fraction of sp³-hybridized carbons (Fsp3) is 0.400. The van der Waals surface area contributed by atoms with E-state index in [0.29, 0.717) is 10.6 Å². The van der Waals surface area contributed by atoms with Gasteiger partial charge in [-0.1, -0.05) is 11.6 Å². The van der Waals surface area contributed by atoms with E-state index in [1.165, 1.54) is 0 Å². The second-order valence-corrected chi connectivity index (χ2v) is 4.82. The van der Waals surface area contributed by atoms with Gasteiger partial charge < -0.3 is 10.4 Å². The van der Waals surface area contributed by atoms with E-state index in [4.69, 9.17) is 16.9 Å². The zero-order chi connectivity index (χ0) is 15.1. The van der Waals surface area contributed by atoms with Crippen molar-refractivity contribution in [2.45, 2.75) is 19.6 Å². The van der Waals surface area contributed by atoms with Crippen LogP contribution >= 0.6 is 11.6 Å². The highest BCUT2D eigenvalue weighted by molar-refractivity contribution is 6.32. The van der Waals surface area contributed by atoms with Crippen molar-refractivity contribution in [1.29, 1.82) is 5.26 Å². The van der Waals surface area contributed by atoms with Crippen LogP contribution in [0.4, 0.5) is 5.69 Å². The summed E-state index contributed by atoms with van der Waals surface area (Å²) in [6.45, 7) is 10.4. The maximum Gasteiger partial charge on any atom is 0.108 e. The lowest BCUT2D eigenvalue weighted by Crippen LogP contribution is -2.49. The molecule has 1 atom stereocenters. The molecule has 0 amide bonds. The fourth-order valence-corrected chi connectivity index (χ4v) is 2.19. The van der Waals surface area contributed by atoms with Crippen LogP contribution < -0.4 is 5.32 Å². The molecular formula is C15H20ClN3O. The summed E-state index contributed by atoms with van der Waals surface area (Å²) in [7, 11) is 0. The molecule has 1 aromatic carbocycles. The Bertz CT molecular complexity index is 499. The number of nitrogens with zero attached hydrogens (tertiary/aromatic N) is 2. The fourth-order valence-electron chi connectivity index (χ4n) is 1.99. The van der Waals surface area contributed by atoms with Crippen molar-refractivity contribution in [3.63, 3.8) is 0 Å². The van der Waals surface area contributed by atoms with E-state index in [2.05, 4.69) is 24.5 Å². The van der Waals surface area contributed by atoms with Gasteiger partial charge in [-0.05, 0) is 31.0 Å². The molecule has 4 nitrogen and oxygen atoms in total. The average molecular weight is 294 g/mol. The Morgan fingerprint density at radius 2 is 2.25 bits per heavy atom. The van der Waals surface area contributed by atoms with E-state index in [1.54, 1.807) is 6.07 Å². The van der Waals surface area contributed by atoms with Gasteiger partial charge in [0.25, 0.3) is 0 Å². The predicted octanol–water partition coefficient (Wildman–Crippen LogP) is 2.76. The summed E-state index contributed by atoms with van der Waals surface area (Å²) in [6.07, 6.45) is 0.583. The third-order valence-corrected chi connectivity index (χ3v) is 3.80. The van der Waals surface area contributed by atoms with Crippen LogP contribution in [-0.4, -0.2) is 35.9 Å². The number of benzene rings is 1. The van der Waals surface area contributed by atoms with Crippen molar-refractivity contribution < 1.29 is 5.11 Å². The van der Waals surface area contributed by atoms with E-state index in [9.17, 15) is 5.11 Å². The Balaban J connectivity index is 0.000000956. The molecule has 1 unspecified atom stereocenters. The zero-order valence-electron chi connectivity index (χ0n) is 11.7. The lowest BCUT2D eigenvalue weighted by atomic mass is 10.1. The highest BCUT2D eigenvalue weighted by Crippen LogP contribution is 2.26. The molecule has 0 aromatic heterocycles. The first-order valence-electron chi connectivity index (χ1n) is 6.48. The third kappa shape index (κ3) is 3.73.